The fourth-order valence-electron chi connectivity index (χ4n) is 2.51. The number of hydrogen-bond donors (Lipinski definition) is 0. The molecule has 6 heteroatoms. The van der Waals surface area contributed by atoms with Crippen LogP contribution in [0, 0.1) is 11.6 Å². The highest BCUT2D eigenvalue weighted by Gasteiger charge is 2.34. The molecule has 0 unspecified atom stereocenters. The van der Waals surface area contributed by atoms with Gasteiger partial charge in [-0.3, -0.25) is 0 Å². The summed E-state index contributed by atoms with van der Waals surface area (Å²) in [6.45, 7) is 1.80. The first-order valence-corrected chi connectivity index (χ1v) is 6.11. The standard InChI is InChI=1S/C12H11ClF2N2O/c13-8-4-9(14)12(10(15)5-8)7-3-11-16-18-2-1-17(11)6-7/h4-5,7H,1-3,6H2/t7-/m0/s1. The molecule has 0 saturated carbocycles. The normalized spacial score (nSPS) is 22.5. The van der Waals surface area contributed by atoms with E-state index in [9.17, 15) is 8.78 Å². The van der Waals surface area contributed by atoms with E-state index in [0.29, 0.717) is 26.1 Å². The summed E-state index contributed by atoms with van der Waals surface area (Å²) in [5.74, 6) is -0.652. The van der Waals surface area contributed by atoms with E-state index in [1.165, 1.54) is 0 Å². The SMILES string of the molecule is Fc1cc(Cl)cc(F)c1[C@H]1CC2=NOCCN2C1. The number of fused-ring (bicyclic) bond motifs is 1. The zero-order valence-electron chi connectivity index (χ0n) is 9.50. The Bertz CT molecular complexity index is 498. The molecule has 1 atom stereocenters. The van der Waals surface area contributed by atoms with Crippen LogP contribution in [-0.4, -0.2) is 30.4 Å². The smallest absolute Gasteiger partial charge is 0.145 e. The van der Waals surface area contributed by atoms with E-state index in [1.807, 2.05) is 4.90 Å². The van der Waals surface area contributed by atoms with Crippen LogP contribution in [-0.2, 0) is 4.84 Å². The highest BCUT2D eigenvalue weighted by atomic mass is 35.5. The molecular formula is C12H11ClF2N2O. The summed E-state index contributed by atoms with van der Waals surface area (Å²) in [5, 5.41) is 3.99. The summed E-state index contributed by atoms with van der Waals surface area (Å²) in [4.78, 5) is 6.99. The summed E-state index contributed by atoms with van der Waals surface area (Å²) in [7, 11) is 0. The molecule has 0 spiro atoms. The van der Waals surface area contributed by atoms with Gasteiger partial charge in [0.05, 0.1) is 6.54 Å². The number of nitrogens with zero attached hydrogens (tertiary/aromatic N) is 2. The van der Waals surface area contributed by atoms with E-state index < -0.39 is 11.6 Å². The van der Waals surface area contributed by atoms with Crippen LogP contribution in [0.25, 0.3) is 0 Å². The fraction of sp³-hybridized carbons (Fsp3) is 0.417. The highest BCUT2D eigenvalue weighted by molar-refractivity contribution is 6.30. The predicted molar refractivity (Wildman–Crippen MR) is 63.7 cm³/mol. The summed E-state index contributed by atoms with van der Waals surface area (Å²) in [6, 6.07) is 2.30. The third kappa shape index (κ3) is 1.92. The molecular weight excluding hydrogens is 262 g/mol. The minimum Gasteiger partial charge on any atom is -0.392 e. The van der Waals surface area contributed by atoms with Crippen LogP contribution in [0.1, 0.15) is 17.9 Å². The second-order valence-corrected chi connectivity index (χ2v) is 4.91. The Hall–Kier alpha value is -1.36. The van der Waals surface area contributed by atoms with Crippen molar-refractivity contribution < 1.29 is 13.6 Å². The van der Waals surface area contributed by atoms with Crippen LogP contribution >= 0.6 is 11.6 Å². The second-order valence-electron chi connectivity index (χ2n) is 4.47. The number of hydrogen-bond acceptors (Lipinski definition) is 3. The molecule has 18 heavy (non-hydrogen) atoms. The minimum atomic E-state index is -0.591. The van der Waals surface area contributed by atoms with Crippen molar-refractivity contribution in [3.05, 3.63) is 34.4 Å². The largest absolute Gasteiger partial charge is 0.392 e. The van der Waals surface area contributed by atoms with Crippen LogP contribution in [0.4, 0.5) is 8.78 Å². The Kier molecular flexibility index (Phi) is 2.86. The molecule has 0 aliphatic carbocycles. The van der Waals surface area contributed by atoms with Gasteiger partial charge < -0.3 is 9.74 Å². The van der Waals surface area contributed by atoms with Crippen molar-refractivity contribution in [1.29, 1.82) is 0 Å². The zero-order chi connectivity index (χ0) is 12.7. The van der Waals surface area contributed by atoms with Gasteiger partial charge in [0.1, 0.15) is 24.1 Å². The van der Waals surface area contributed by atoms with Gasteiger partial charge in [0.2, 0.25) is 0 Å². The molecule has 0 bridgehead atoms. The van der Waals surface area contributed by atoms with Crippen molar-refractivity contribution >= 4 is 17.4 Å². The summed E-state index contributed by atoms with van der Waals surface area (Å²) < 4.78 is 27.7. The number of amidine groups is 1. The maximum absolute atomic E-state index is 13.8. The van der Waals surface area contributed by atoms with E-state index in [0.717, 1.165) is 18.0 Å². The summed E-state index contributed by atoms with van der Waals surface area (Å²) in [5.41, 5.74) is 0.0940. The lowest BCUT2D eigenvalue weighted by Crippen LogP contribution is -2.32. The van der Waals surface area contributed by atoms with Gasteiger partial charge in [0, 0.05) is 29.5 Å². The van der Waals surface area contributed by atoms with Crippen molar-refractivity contribution in [3.63, 3.8) is 0 Å². The lowest BCUT2D eigenvalue weighted by Gasteiger charge is -2.21. The molecule has 2 aliphatic rings. The first kappa shape index (κ1) is 11.7. The first-order valence-electron chi connectivity index (χ1n) is 5.73. The quantitative estimate of drug-likeness (QED) is 0.785. The van der Waals surface area contributed by atoms with Crippen LogP contribution in [0.5, 0.6) is 0 Å². The Labute approximate surface area is 108 Å². The molecule has 2 aliphatic heterocycles. The van der Waals surface area contributed by atoms with Gasteiger partial charge in [-0.05, 0) is 12.1 Å². The Morgan fingerprint density at radius 3 is 2.72 bits per heavy atom. The molecule has 0 aromatic heterocycles. The van der Waals surface area contributed by atoms with Crippen molar-refractivity contribution in [2.75, 3.05) is 19.7 Å². The monoisotopic (exact) mass is 272 g/mol. The highest BCUT2D eigenvalue weighted by Crippen LogP contribution is 2.34. The molecule has 3 nitrogen and oxygen atoms in total. The molecule has 1 aromatic rings. The molecule has 1 aromatic carbocycles. The van der Waals surface area contributed by atoms with Gasteiger partial charge >= 0.3 is 0 Å². The van der Waals surface area contributed by atoms with Crippen molar-refractivity contribution in [3.8, 4) is 0 Å². The maximum Gasteiger partial charge on any atom is 0.145 e. The second kappa shape index (κ2) is 4.39. The van der Waals surface area contributed by atoms with E-state index in [1.54, 1.807) is 0 Å². The molecule has 1 saturated heterocycles. The summed E-state index contributed by atoms with van der Waals surface area (Å²) in [6.07, 6.45) is 0.496. The first-order chi connectivity index (χ1) is 8.65. The van der Waals surface area contributed by atoms with E-state index in [-0.39, 0.29) is 16.5 Å². The lowest BCUT2D eigenvalue weighted by molar-refractivity contribution is 0.106. The van der Waals surface area contributed by atoms with Gasteiger partial charge in [0.15, 0.2) is 0 Å². The molecule has 2 heterocycles. The van der Waals surface area contributed by atoms with Crippen LogP contribution < -0.4 is 0 Å². The van der Waals surface area contributed by atoms with E-state index in [4.69, 9.17) is 16.4 Å². The number of rotatable bonds is 1. The van der Waals surface area contributed by atoms with E-state index in [2.05, 4.69) is 5.16 Å². The van der Waals surface area contributed by atoms with Crippen LogP contribution in [0.15, 0.2) is 17.3 Å². The van der Waals surface area contributed by atoms with Gasteiger partial charge in [-0.1, -0.05) is 16.8 Å². The third-order valence-electron chi connectivity index (χ3n) is 3.31. The molecule has 0 N–H and O–H groups in total. The zero-order valence-corrected chi connectivity index (χ0v) is 10.3. The fourth-order valence-corrected chi connectivity index (χ4v) is 2.70. The van der Waals surface area contributed by atoms with Gasteiger partial charge in [0.25, 0.3) is 0 Å². The average Bonchev–Trinajstić information content (AvgIpc) is 2.70. The minimum absolute atomic E-state index is 0.0742. The molecule has 0 amide bonds. The average molecular weight is 273 g/mol. The Balaban J connectivity index is 1.93. The van der Waals surface area contributed by atoms with Gasteiger partial charge in [-0.25, -0.2) is 8.78 Å². The van der Waals surface area contributed by atoms with Crippen LogP contribution in [0.2, 0.25) is 5.02 Å². The van der Waals surface area contributed by atoms with Gasteiger partial charge in [-0.2, -0.15) is 0 Å². The lowest BCUT2D eigenvalue weighted by atomic mass is 9.97. The topological polar surface area (TPSA) is 24.8 Å². The predicted octanol–water partition coefficient (Wildman–Crippen LogP) is 2.75. The molecule has 1 fully saturated rings. The van der Waals surface area contributed by atoms with Crippen molar-refractivity contribution in [1.82, 2.24) is 4.90 Å². The molecule has 3 rings (SSSR count). The molecule has 96 valence electrons. The maximum atomic E-state index is 13.8. The van der Waals surface area contributed by atoms with Crippen molar-refractivity contribution in [2.45, 2.75) is 12.3 Å². The molecule has 0 radical (unpaired) electrons. The number of oxime groups is 1. The number of halogens is 3. The van der Waals surface area contributed by atoms with E-state index >= 15 is 0 Å². The summed E-state index contributed by atoms with van der Waals surface area (Å²) >= 11 is 5.62. The van der Waals surface area contributed by atoms with Crippen LogP contribution in [0.3, 0.4) is 0 Å². The Morgan fingerprint density at radius 2 is 2.06 bits per heavy atom. The Morgan fingerprint density at radius 1 is 1.33 bits per heavy atom. The number of benzene rings is 1. The van der Waals surface area contributed by atoms with Crippen molar-refractivity contribution in [2.24, 2.45) is 5.16 Å². The van der Waals surface area contributed by atoms with Gasteiger partial charge in [-0.15, -0.1) is 0 Å². The third-order valence-corrected chi connectivity index (χ3v) is 3.53.